The third-order valence-corrected chi connectivity index (χ3v) is 5.04. The zero-order chi connectivity index (χ0) is 17.6. The Hall–Kier alpha value is -1.92. The number of piperazine rings is 1. The zero-order valence-corrected chi connectivity index (χ0v) is 15.0. The highest BCUT2D eigenvalue weighted by atomic mass is 16.2. The molecule has 2 aliphatic rings. The van der Waals surface area contributed by atoms with E-state index in [2.05, 4.69) is 20.4 Å². The number of piperidine rings is 1. The van der Waals surface area contributed by atoms with Gasteiger partial charge in [0.05, 0.1) is 0 Å². The maximum Gasteiger partial charge on any atom is 0.225 e. The van der Waals surface area contributed by atoms with Gasteiger partial charge in [-0.3, -0.25) is 19.4 Å². The molecule has 2 heterocycles. The predicted octanol–water partition coefficient (Wildman–Crippen LogP) is 2.14. The van der Waals surface area contributed by atoms with Gasteiger partial charge in [-0.2, -0.15) is 0 Å². The van der Waals surface area contributed by atoms with Crippen LogP contribution in [-0.4, -0.2) is 60.4 Å². The van der Waals surface area contributed by atoms with Crippen molar-refractivity contribution in [3.05, 3.63) is 24.3 Å². The van der Waals surface area contributed by atoms with Crippen molar-refractivity contribution in [1.29, 1.82) is 0 Å². The largest absolute Gasteiger partial charge is 0.326 e. The lowest BCUT2D eigenvalue weighted by Crippen LogP contribution is -2.55. The summed E-state index contributed by atoms with van der Waals surface area (Å²) < 4.78 is 0. The Morgan fingerprint density at radius 2 is 1.92 bits per heavy atom. The van der Waals surface area contributed by atoms with Crippen molar-refractivity contribution < 1.29 is 9.59 Å². The van der Waals surface area contributed by atoms with Gasteiger partial charge in [0.15, 0.2) is 0 Å². The second kappa shape index (κ2) is 8.45. The van der Waals surface area contributed by atoms with E-state index in [0.29, 0.717) is 23.8 Å². The van der Waals surface area contributed by atoms with E-state index in [4.69, 9.17) is 0 Å². The Morgan fingerprint density at radius 3 is 2.72 bits per heavy atom. The fourth-order valence-corrected chi connectivity index (χ4v) is 3.78. The highest BCUT2D eigenvalue weighted by Crippen LogP contribution is 2.21. The van der Waals surface area contributed by atoms with Crippen LogP contribution in [0.3, 0.4) is 0 Å². The molecule has 6 heteroatoms. The molecule has 3 rings (SSSR count). The minimum absolute atomic E-state index is 0.0195. The van der Waals surface area contributed by atoms with Crippen LogP contribution in [0.25, 0.3) is 0 Å². The number of nitrogens with zero attached hydrogens (tertiary/aromatic N) is 2. The van der Waals surface area contributed by atoms with Gasteiger partial charge in [-0.15, -0.1) is 0 Å². The van der Waals surface area contributed by atoms with Crippen molar-refractivity contribution >= 4 is 23.2 Å². The molecule has 1 unspecified atom stereocenters. The molecule has 1 aromatic carbocycles. The van der Waals surface area contributed by atoms with E-state index in [1.165, 1.54) is 32.7 Å². The molecule has 136 valence electrons. The molecule has 2 aliphatic heterocycles. The molecule has 0 bridgehead atoms. The molecule has 6 nitrogen and oxygen atoms in total. The summed E-state index contributed by atoms with van der Waals surface area (Å²) in [7, 11) is 0. The molecule has 2 fully saturated rings. The van der Waals surface area contributed by atoms with Gasteiger partial charge in [0.25, 0.3) is 0 Å². The van der Waals surface area contributed by atoms with Crippen LogP contribution >= 0.6 is 0 Å². The van der Waals surface area contributed by atoms with Gasteiger partial charge in [-0.05, 0) is 37.6 Å². The normalized spacial score (nSPS) is 21.4. The van der Waals surface area contributed by atoms with Gasteiger partial charge in [-0.25, -0.2) is 0 Å². The monoisotopic (exact) mass is 344 g/mol. The van der Waals surface area contributed by atoms with E-state index in [0.717, 1.165) is 26.2 Å². The first-order valence-corrected chi connectivity index (χ1v) is 9.24. The summed E-state index contributed by atoms with van der Waals surface area (Å²) >= 11 is 0. The van der Waals surface area contributed by atoms with E-state index >= 15 is 0 Å². The Balaban J connectivity index is 1.44. The average Bonchev–Trinajstić information content (AvgIpc) is 2.59. The first-order valence-electron chi connectivity index (χ1n) is 9.24. The number of amides is 2. The van der Waals surface area contributed by atoms with Crippen molar-refractivity contribution in [2.75, 3.05) is 43.4 Å². The number of carbonyl (C=O) groups excluding carboxylic acids is 2. The second-order valence-corrected chi connectivity index (χ2v) is 7.05. The minimum Gasteiger partial charge on any atom is -0.326 e. The minimum atomic E-state index is -0.120. The molecule has 2 saturated heterocycles. The van der Waals surface area contributed by atoms with Crippen molar-refractivity contribution in [2.45, 2.75) is 38.6 Å². The van der Waals surface area contributed by atoms with E-state index in [1.807, 2.05) is 12.1 Å². The van der Waals surface area contributed by atoms with Gasteiger partial charge in [0, 0.05) is 56.9 Å². The number of fused-ring (bicyclic) bond motifs is 1. The molecule has 0 aromatic heterocycles. The molecule has 2 N–H and O–H groups in total. The molecule has 0 saturated carbocycles. The van der Waals surface area contributed by atoms with E-state index in [9.17, 15) is 9.59 Å². The zero-order valence-electron chi connectivity index (χ0n) is 15.0. The predicted molar refractivity (Wildman–Crippen MR) is 99.6 cm³/mol. The number of rotatable bonds is 5. The fourth-order valence-electron chi connectivity index (χ4n) is 3.78. The fraction of sp³-hybridized carbons (Fsp3) is 0.579. The summed E-state index contributed by atoms with van der Waals surface area (Å²) in [4.78, 5) is 28.4. The maximum absolute atomic E-state index is 12.2. The first-order chi connectivity index (χ1) is 12.1. The number of hydrogen-bond acceptors (Lipinski definition) is 4. The van der Waals surface area contributed by atoms with E-state index in [-0.39, 0.29) is 11.8 Å². The lowest BCUT2D eigenvalue weighted by molar-refractivity contribution is -0.117. The average molecular weight is 344 g/mol. The van der Waals surface area contributed by atoms with Gasteiger partial charge in [0.1, 0.15) is 0 Å². The van der Waals surface area contributed by atoms with Crippen LogP contribution in [0, 0.1) is 0 Å². The molecule has 1 aromatic rings. The smallest absolute Gasteiger partial charge is 0.225 e. The molecule has 2 amide bonds. The summed E-state index contributed by atoms with van der Waals surface area (Å²) in [5.41, 5.74) is 1.41. The maximum atomic E-state index is 12.2. The molecular formula is C19H28N4O2. The van der Waals surface area contributed by atoms with Crippen LogP contribution < -0.4 is 10.6 Å². The van der Waals surface area contributed by atoms with Gasteiger partial charge in [0.2, 0.25) is 11.8 Å². The summed E-state index contributed by atoms with van der Waals surface area (Å²) in [6.07, 6.45) is 4.45. The molecular weight excluding hydrogens is 316 g/mol. The summed E-state index contributed by atoms with van der Waals surface area (Å²) in [6.45, 7) is 6.79. The number of hydrogen-bond donors (Lipinski definition) is 2. The number of benzene rings is 1. The molecule has 0 radical (unpaired) electrons. The Labute approximate surface area is 149 Å². The highest BCUT2D eigenvalue weighted by Gasteiger charge is 2.28. The Morgan fingerprint density at radius 1 is 1.12 bits per heavy atom. The molecule has 1 atom stereocenters. The topological polar surface area (TPSA) is 64.7 Å². The lowest BCUT2D eigenvalue weighted by atomic mass is 9.99. The Bertz CT molecular complexity index is 619. The quantitative estimate of drug-likeness (QED) is 0.859. The van der Waals surface area contributed by atoms with E-state index in [1.54, 1.807) is 12.1 Å². The van der Waals surface area contributed by atoms with Gasteiger partial charge >= 0.3 is 0 Å². The van der Waals surface area contributed by atoms with Crippen molar-refractivity contribution in [3.8, 4) is 0 Å². The highest BCUT2D eigenvalue weighted by molar-refractivity contribution is 5.93. The standard InChI is InChI=1S/C19H28N4O2/c1-15(24)20-16-5-4-6-17(13-16)21-19(25)8-10-22-11-12-23-9-3-2-7-18(23)14-22/h4-6,13,18H,2-3,7-12,14H2,1H3,(H,20,24)(H,21,25). The van der Waals surface area contributed by atoms with Crippen LogP contribution in [0.5, 0.6) is 0 Å². The number of nitrogens with one attached hydrogen (secondary N) is 2. The van der Waals surface area contributed by atoms with Crippen molar-refractivity contribution in [2.24, 2.45) is 0 Å². The van der Waals surface area contributed by atoms with Crippen molar-refractivity contribution in [3.63, 3.8) is 0 Å². The Kier molecular flexibility index (Phi) is 6.04. The summed E-state index contributed by atoms with van der Waals surface area (Å²) in [5, 5.41) is 5.65. The summed E-state index contributed by atoms with van der Waals surface area (Å²) in [6, 6.07) is 7.92. The molecule has 0 spiro atoms. The van der Waals surface area contributed by atoms with Gasteiger partial charge < -0.3 is 10.6 Å². The van der Waals surface area contributed by atoms with Crippen molar-refractivity contribution in [1.82, 2.24) is 9.80 Å². The SMILES string of the molecule is CC(=O)Nc1cccc(NC(=O)CCN2CCN3CCCCC3C2)c1. The van der Waals surface area contributed by atoms with Crippen LogP contribution in [0.4, 0.5) is 11.4 Å². The third-order valence-electron chi connectivity index (χ3n) is 5.04. The molecule has 25 heavy (non-hydrogen) atoms. The summed E-state index contributed by atoms with van der Waals surface area (Å²) in [5.74, 6) is -0.101. The second-order valence-electron chi connectivity index (χ2n) is 7.05. The van der Waals surface area contributed by atoms with Crippen LogP contribution in [0.2, 0.25) is 0 Å². The lowest BCUT2D eigenvalue weighted by Gasteiger charge is -2.44. The number of carbonyl (C=O) groups is 2. The first kappa shape index (κ1) is 17.9. The van der Waals surface area contributed by atoms with E-state index < -0.39 is 0 Å². The van der Waals surface area contributed by atoms with Crippen LogP contribution in [-0.2, 0) is 9.59 Å². The van der Waals surface area contributed by atoms with Gasteiger partial charge in [-0.1, -0.05) is 12.5 Å². The number of anilines is 2. The van der Waals surface area contributed by atoms with Crippen LogP contribution in [0.15, 0.2) is 24.3 Å². The third kappa shape index (κ3) is 5.28. The molecule has 0 aliphatic carbocycles. The van der Waals surface area contributed by atoms with Crippen LogP contribution in [0.1, 0.15) is 32.6 Å².